The van der Waals surface area contributed by atoms with E-state index in [1.165, 1.54) is 30.6 Å². The third-order valence-electron chi connectivity index (χ3n) is 2.77. The first-order chi connectivity index (χ1) is 6.84. The van der Waals surface area contributed by atoms with E-state index in [1.54, 1.807) is 0 Å². The molecule has 0 spiro atoms. The second kappa shape index (κ2) is 4.47. The van der Waals surface area contributed by atoms with E-state index in [2.05, 4.69) is 41.8 Å². The van der Waals surface area contributed by atoms with Gasteiger partial charge in [0.05, 0.1) is 0 Å². The van der Waals surface area contributed by atoms with Crippen LogP contribution in [0.2, 0.25) is 0 Å². The Labute approximate surface area is 85.7 Å². The van der Waals surface area contributed by atoms with Crippen molar-refractivity contribution in [2.75, 3.05) is 18.4 Å². The largest absolute Gasteiger partial charge is 0.383 e. The summed E-state index contributed by atoms with van der Waals surface area (Å²) in [5.74, 6) is 0. The van der Waals surface area contributed by atoms with Gasteiger partial charge in [-0.15, -0.1) is 0 Å². The molecule has 0 radical (unpaired) electrons. The fourth-order valence-electron chi connectivity index (χ4n) is 1.84. The Morgan fingerprint density at radius 3 is 2.79 bits per heavy atom. The molecule has 1 heterocycles. The molecule has 0 amide bonds. The summed E-state index contributed by atoms with van der Waals surface area (Å²) in [6.45, 7) is 4.34. The van der Waals surface area contributed by atoms with Gasteiger partial charge in [-0.25, -0.2) is 0 Å². The Morgan fingerprint density at radius 1 is 1.36 bits per heavy atom. The molecule has 1 saturated heterocycles. The second-order valence-corrected chi connectivity index (χ2v) is 4.04. The summed E-state index contributed by atoms with van der Waals surface area (Å²) in [6, 6.07) is 9.24. The van der Waals surface area contributed by atoms with Gasteiger partial charge in [0.15, 0.2) is 0 Å². The smallest absolute Gasteiger partial charge is 0.0340 e. The standard InChI is InChI=1S/C12H18N2/c1-10-4-6-11(7-5-10)14-9-12-3-2-8-13-12/h4-7,12-14H,2-3,8-9H2,1H3. The highest BCUT2D eigenvalue weighted by atomic mass is 15.0. The zero-order chi connectivity index (χ0) is 9.80. The van der Waals surface area contributed by atoms with Crippen molar-refractivity contribution in [3.05, 3.63) is 29.8 Å². The number of rotatable bonds is 3. The fourth-order valence-corrected chi connectivity index (χ4v) is 1.84. The van der Waals surface area contributed by atoms with Crippen LogP contribution in [0.15, 0.2) is 24.3 Å². The van der Waals surface area contributed by atoms with Gasteiger partial charge >= 0.3 is 0 Å². The van der Waals surface area contributed by atoms with Crippen LogP contribution in [0.3, 0.4) is 0 Å². The van der Waals surface area contributed by atoms with Crippen molar-refractivity contribution in [1.29, 1.82) is 0 Å². The van der Waals surface area contributed by atoms with Gasteiger partial charge in [0.2, 0.25) is 0 Å². The quantitative estimate of drug-likeness (QED) is 0.763. The summed E-state index contributed by atoms with van der Waals surface area (Å²) in [5.41, 5.74) is 2.54. The van der Waals surface area contributed by atoms with E-state index in [-0.39, 0.29) is 0 Å². The van der Waals surface area contributed by atoms with Crippen molar-refractivity contribution in [2.45, 2.75) is 25.8 Å². The molecule has 0 saturated carbocycles. The van der Waals surface area contributed by atoms with Crippen LogP contribution in [-0.4, -0.2) is 19.1 Å². The summed E-state index contributed by atoms with van der Waals surface area (Å²) >= 11 is 0. The van der Waals surface area contributed by atoms with Crippen molar-refractivity contribution in [1.82, 2.24) is 5.32 Å². The Balaban J connectivity index is 1.82. The maximum absolute atomic E-state index is 3.48. The topological polar surface area (TPSA) is 24.1 Å². The highest BCUT2D eigenvalue weighted by Gasteiger charge is 2.12. The lowest BCUT2D eigenvalue weighted by atomic mass is 10.2. The van der Waals surface area contributed by atoms with Gasteiger partial charge in [-0.05, 0) is 38.4 Å². The number of hydrogen-bond donors (Lipinski definition) is 2. The van der Waals surface area contributed by atoms with Gasteiger partial charge in [-0.1, -0.05) is 17.7 Å². The molecule has 0 aliphatic carbocycles. The van der Waals surface area contributed by atoms with Crippen LogP contribution in [-0.2, 0) is 0 Å². The van der Waals surface area contributed by atoms with Gasteiger partial charge in [0, 0.05) is 18.3 Å². The summed E-state index contributed by atoms with van der Waals surface area (Å²) < 4.78 is 0. The summed E-state index contributed by atoms with van der Waals surface area (Å²) in [7, 11) is 0. The lowest BCUT2D eigenvalue weighted by Gasteiger charge is -2.12. The maximum Gasteiger partial charge on any atom is 0.0340 e. The van der Waals surface area contributed by atoms with Crippen LogP contribution >= 0.6 is 0 Å². The van der Waals surface area contributed by atoms with Crippen LogP contribution in [0.4, 0.5) is 5.69 Å². The molecule has 1 unspecified atom stereocenters. The minimum Gasteiger partial charge on any atom is -0.383 e. The second-order valence-electron chi connectivity index (χ2n) is 4.04. The number of benzene rings is 1. The molecule has 0 aromatic heterocycles. The molecular weight excluding hydrogens is 172 g/mol. The van der Waals surface area contributed by atoms with Crippen LogP contribution in [0, 0.1) is 6.92 Å². The molecule has 1 aliphatic heterocycles. The first-order valence-corrected chi connectivity index (χ1v) is 5.38. The van der Waals surface area contributed by atoms with Gasteiger partial charge in [-0.3, -0.25) is 0 Å². The first kappa shape index (κ1) is 9.53. The average molecular weight is 190 g/mol. The predicted octanol–water partition coefficient (Wildman–Crippen LogP) is 2.16. The molecule has 0 bridgehead atoms. The van der Waals surface area contributed by atoms with Gasteiger partial charge < -0.3 is 10.6 Å². The Morgan fingerprint density at radius 2 is 2.14 bits per heavy atom. The molecule has 2 rings (SSSR count). The van der Waals surface area contributed by atoms with E-state index in [0.29, 0.717) is 6.04 Å². The zero-order valence-electron chi connectivity index (χ0n) is 8.72. The van der Waals surface area contributed by atoms with Crippen molar-refractivity contribution in [2.24, 2.45) is 0 Å². The van der Waals surface area contributed by atoms with Gasteiger partial charge in [-0.2, -0.15) is 0 Å². The number of anilines is 1. The Kier molecular flexibility index (Phi) is 3.04. The van der Waals surface area contributed by atoms with Crippen LogP contribution in [0.1, 0.15) is 18.4 Å². The van der Waals surface area contributed by atoms with E-state index in [0.717, 1.165) is 6.54 Å². The van der Waals surface area contributed by atoms with Crippen molar-refractivity contribution in [3.63, 3.8) is 0 Å². The van der Waals surface area contributed by atoms with Crippen molar-refractivity contribution >= 4 is 5.69 Å². The molecule has 76 valence electrons. The van der Waals surface area contributed by atoms with Crippen LogP contribution in [0.25, 0.3) is 0 Å². The molecule has 1 fully saturated rings. The Bertz CT molecular complexity index is 273. The molecule has 14 heavy (non-hydrogen) atoms. The number of nitrogens with one attached hydrogen (secondary N) is 2. The summed E-state index contributed by atoms with van der Waals surface area (Å²) in [6.07, 6.45) is 2.62. The molecule has 2 N–H and O–H groups in total. The SMILES string of the molecule is Cc1ccc(NCC2CCCN2)cc1. The zero-order valence-corrected chi connectivity index (χ0v) is 8.72. The highest BCUT2D eigenvalue weighted by molar-refractivity contribution is 5.44. The molecule has 1 aromatic rings. The molecule has 1 aromatic carbocycles. The maximum atomic E-state index is 3.48. The molecular formula is C12H18N2. The monoisotopic (exact) mass is 190 g/mol. The van der Waals surface area contributed by atoms with Crippen LogP contribution in [0.5, 0.6) is 0 Å². The summed E-state index contributed by atoms with van der Waals surface area (Å²) in [4.78, 5) is 0. The lowest BCUT2D eigenvalue weighted by Crippen LogP contribution is -2.29. The first-order valence-electron chi connectivity index (χ1n) is 5.38. The fraction of sp³-hybridized carbons (Fsp3) is 0.500. The van der Waals surface area contributed by atoms with E-state index < -0.39 is 0 Å². The van der Waals surface area contributed by atoms with E-state index in [1.807, 2.05) is 0 Å². The van der Waals surface area contributed by atoms with Crippen molar-refractivity contribution in [3.8, 4) is 0 Å². The molecule has 1 atom stereocenters. The minimum atomic E-state index is 0.663. The number of hydrogen-bond acceptors (Lipinski definition) is 2. The van der Waals surface area contributed by atoms with Crippen molar-refractivity contribution < 1.29 is 0 Å². The predicted molar refractivity (Wildman–Crippen MR) is 60.7 cm³/mol. The van der Waals surface area contributed by atoms with Crippen LogP contribution < -0.4 is 10.6 Å². The molecule has 2 nitrogen and oxygen atoms in total. The summed E-state index contributed by atoms with van der Waals surface area (Å²) in [5, 5.41) is 6.93. The van der Waals surface area contributed by atoms with E-state index in [4.69, 9.17) is 0 Å². The normalized spacial score (nSPS) is 21.1. The highest BCUT2D eigenvalue weighted by Crippen LogP contribution is 2.10. The average Bonchev–Trinajstić information content (AvgIpc) is 2.70. The van der Waals surface area contributed by atoms with Gasteiger partial charge in [0.1, 0.15) is 0 Å². The Hall–Kier alpha value is -1.02. The van der Waals surface area contributed by atoms with E-state index >= 15 is 0 Å². The third kappa shape index (κ3) is 2.48. The lowest BCUT2D eigenvalue weighted by molar-refractivity contribution is 0.633. The third-order valence-corrected chi connectivity index (χ3v) is 2.77. The number of aryl methyl sites for hydroxylation is 1. The molecule has 1 aliphatic rings. The van der Waals surface area contributed by atoms with E-state index in [9.17, 15) is 0 Å². The van der Waals surface area contributed by atoms with Gasteiger partial charge in [0.25, 0.3) is 0 Å². The molecule has 2 heteroatoms. The minimum absolute atomic E-state index is 0.663.